The van der Waals surface area contributed by atoms with Crippen LogP contribution in [0.1, 0.15) is 68.8 Å². The van der Waals surface area contributed by atoms with Gasteiger partial charge >= 0.3 is 6.09 Å². The van der Waals surface area contributed by atoms with E-state index in [4.69, 9.17) is 4.74 Å². The molecule has 0 unspecified atom stereocenters. The minimum absolute atomic E-state index is 0.0420. The number of nitrogens with one attached hydrogen (secondary N) is 2. The first-order valence-electron chi connectivity index (χ1n) is 10.7. The number of rotatable bonds is 10. The number of hydrogen-bond acceptors (Lipinski definition) is 4. The van der Waals surface area contributed by atoms with Crippen LogP contribution < -0.4 is 10.6 Å². The van der Waals surface area contributed by atoms with Crippen LogP contribution in [-0.4, -0.2) is 29.9 Å². The van der Waals surface area contributed by atoms with Gasteiger partial charge < -0.3 is 15.4 Å². The number of alkyl carbamates (subject to hydrolysis) is 1. The Balaban J connectivity index is 1.61. The van der Waals surface area contributed by atoms with Crippen molar-refractivity contribution in [2.75, 3.05) is 11.9 Å². The lowest BCUT2D eigenvalue weighted by atomic mass is 10.0. The standard InChI is InChI=1S/C25H32N2O4/c1-25(2,3)31-24(30)26-18-10-5-4-9-13-22(28)27-21-16-14-20(15-17-21)23(29)19-11-7-6-8-12-19/h6-8,11-12,14-17H,4-5,9-10,13,18H2,1-3H3,(H,26,30)(H,27,28). The molecule has 2 aromatic rings. The van der Waals surface area contributed by atoms with E-state index in [-0.39, 0.29) is 11.7 Å². The van der Waals surface area contributed by atoms with Crippen molar-refractivity contribution >= 4 is 23.5 Å². The van der Waals surface area contributed by atoms with Crippen LogP contribution in [0.15, 0.2) is 54.6 Å². The van der Waals surface area contributed by atoms with Crippen LogP contribution in [0.3, 0.4) is 0 Å². The number of amides is 2. The number of carbonyl (C=O) groups is 3. The Bertz CT molecular complexity index is 855. The Morgan fingerprint density at radius 3 is 2.06 bits per heavy atom. The highest BCUT2D eigenvalue weighted by atomic mass is 16.6. The predicted octanol–water partition coefficient (Wildman–Crippen LogP) is 5.33. The lowest BCUT2D eigenvalue weighted by Gasteiger charge is -2.19. The Kier molecular flexibility index (Phi) is 9.25. The summed E-state index contributed by atoms with van der Waals surface area (Å²) < 4.78 is 5.17. The molecule has 0 aliphatic rings. The molecule has 0 radical (unpaired) electrons. The Morgan fingerprint density at radius 1 is 0.806 bits per heavy atom. The normalized spacial score (nSPS) is 10.9. The van der Waals surface area contributed by atoms with E-state index in [0.717, 1.165) is 25.7 Å². The van der Waals surface area contributed by atoms with Crippen molar-refractivity contribution in [3.05, 3.63) is 65.7 Å². The van der Waals surface area contributed by atoms with Crippen LogP contribution in [0.2, 0.25) is 0 Å². The molecule has 2 amide bonds. The van der Waals surface area contributed by atoms with E-state index in [2.05, 4.69) is 10.6 Å². The van der Waals surface area contributed by atoms with Crippen molar-refractivity contribution in [2.45, 2.75) is 58.5 Å². The molecule has 0 bridgehead atoms. The van der Waals surface area contributed by atoms with E-state index in [9.17, 15) is 14.4 Å². The second kappa shape index (κ2) is 11.9. The number of ether oxygens (including phenoxy) is 1. The smallest absolute Gasteiger partial charge is 0.407 e. The lowest BCUT2D eigenvalue weighted by Crippen LogP contribution is -2.32. The first-order valence-corrected chi connectivity index (χ1v) is 10.7. The predicted molar refractivity (Wildman–Crippen MR) is 122 cm³/mol. The number of unbranched alkanes of at least 4 members (excludes halogenated alkanes) is 3. The topological polar surface area (TPSA) is 84.5 Å². The van der Waals surface area contributed by atoms with Gasteiger partial charge in [0, 0.05) is 29.8 Å². The summed E-state index contributed by atoms with van der Waals surface area (Å²) in [6.45, 7) is 6.05. The summed E-state index contributed by atoms with van der Waals surface area (Å²) in [6.07, 6.45) is 3.50. The zero-order chi connectivity index (χ0) is 22.7. The quantitative estimate of drug-likeness (QED) is 0.399. The highest BCUT2D eigenvalue weighted by Crippen LogP contribution is 2.15. The fourth-order valence-electron chi connectivity index (χ4n) is 2.95. The van der Waals surface area contributed by atoms with E-state index in [1.807, 2.05) is 39.0 Å². The third-order valence-electron chi connectivity index (χ3n) is 4.47. The Hall–Kier alpha value is -3.15. The van der Waals surface area contributed by atoms with Crippen molar-refractivity contribution in [1.82, 2.24) is 5.32 Å². The van der Waals surface area contributed by atoms with Crippen molar-refractivity contribution in [1.29, 1.82) is 0 Å². The van der Waals surface area contributed by atoms with E-state index < -0.39 is 11.7 Å². The molecule has 0 atom stereocenters. The summed E-state index contributed by atoms with van der Waals surface area (Å²) in [5, 5.41) is 5.59. The zero-order valence-electron chi connectivity index (χ0n) is 18.6. The third-order valence-corrected chi connectivity index (χ3v) is 4.47. The highest BCUT2D eigenvalue weighted by molar-refractivity contribution is 6.09. The first-order chi connectivity index (χ1) is 14.7. The molecule has 0 saturated carbocycles. The molecule has 2 aromatic carbocycles. The summed E-state index contributed by atoms with van der Waals surface area (Å²) in [4.78, 5) is 36.1. The van der Waals surface area contributed by atoms with Crippen LogP contribution >= 0.6 is 0 Å². The van der Waals surface area contributed by atoms with E-state index in [1.165, 1.54) is 0 Å². The van der Waals surface area contributed by atoms with Crippen LogP contribution in [0.4, 0.5) is 10.5 Å². The second-order valence-electron chi connectivity index (χ2n) is 8.41. The number of benzene rings is 2. The average molecular weight is 425 g/mol. The number of hydrogen-bond donors (Lipinski definition) is 2. The fourth-order valence-corrected chi connectivity index (χ4v) is 2.95. The molecule has 0 fully saturated rings. The summed E-state index contributed by atoms with van der Waals surface area (Å²) in [6, 6.07) is 16.0. The van der Waals surface area contributed by atoms with E-state index in [0.29, 0.717) is 29.8 Å². The molecule has 0 spiro atoms. The molecule has 6 nitrogen and oxygen atoms in total. The fraction of sp³-hybridized carbons (Fsp3) is 0.400. The summed E-state index contributed by atoms with van der Waals surface area (Å²) in [5.41, 5.74) is 1.41. The van der Waals surface area contributed by atoms with Crippen LogP contribution in [-0.2, 0) is 9.53 Å². The van der Waals surface area contributed by atoms with Gasteiger partial charge in [-0.05, 0) is 57.9 Å². The van der Waals surface area contributed by atoms with E-state index in [1.54, 1.807) is 36.4 Å². The molecular weight excluding hydrogens is 392 g/mol. The van der Waals surface area contributed by atoms with Gasteiger partial charge in [-0.2, -0.15) is 0 Å². The van der Waals surface area contributed by atoms with Crippen LogP contribution in [0.5, 0.6) is 0 Å². The van der Waals surface area contributed by atoms with Gasteiger partial charge in [-0.25, -0.2) is 4.79 Å². The second-order valence-corrected chi connectivity index (χ2v) is 8.41. The van der Waals surface area contributed by atoms with Gasteiger partial charge in [-0.15, -0.1) is 0 Å². The molecule has 0 aliphatic heterocycles. The molecule has 2 rings (SSSR count). The number of anilines is 1. The van der Waals surface area contributed by atoms with Gasteiger partial charge in [0.15, 0.2) is 5.78 Å². The van der Waals surface area contributed by atoms with Crippen molar-refractivity contribution < 1.29 is 19.1 Å². The molecule has 166 valence electrons. The van der Waals surface area contributed by atoms with Gasteiger partial charge in [0.1, 0.15) is 5.60 Å². The van der Waals surface area contributed by atoms with Gasteiger partial charge in [-0.1, -0.05) is 43.2 Å². The van der Waals surface area contributed by atoms with Gasteiger partial charge in [-0.3, -0.25) is 9.59 Å². The molecule has 31 heavy (non-hydrogen) atoms. The maximum absolute atomic E-state index is 12.4. The molecular formula is C25H32N2O4. The minimum atomic E-state index is -0.491. The summed E-state index contributed by atoms with van der Waals surface area (Å²) in [5.74, 6) is -0.0892. The molecule has 0 aliphatic carbocycles. The molecule has 0 saturated heterocycles. The first kappa shape index (κ1) is 24.1. The molecule has 0 aromatic heterocycles. The molecule has 2 N–H and O–H groups in total. The summed E-state index contributed by atoms with van der Waals surface area (Å²) in [7, 11) is 0. The zero-order valence-corrected chi connectivity index (χ0v) is 18.6. The van der Waals surface area contributed by atoms with Crippen molar-refractivity contribution in [3.63, 3.8) is 0 Å². The molecule has 6 heteroatoms. The minimum Gasteiger partial charge on any atom is -0.444 e. The largest absolute Gasteiger partial charge is 0.444 e. The van der Waals surface area contributed by atoms with Crippen LogP contribution in [0.25, 0.3) is 0 Å². The van der Waals surface area contributed by atoms with Gasteiger partial charge in [0.25, 0.3) is 0 Å². The number of ketones is 1. The van der Waals surface area contributed by atoms with Gasteiger partial charge in [0.2, 0.25) is 5.91 Å². The number of carbonyl (C=O) groups excluding carboxylic acids is 3. The lowest BCUT2D eigenvalue weighted by molar-refractivity contribution is -0.116. The molecule has 0 heterocycles. The third kappa shape index (κ3) is 9.47. The maximum Gasteiger partial charge on any atom is 0.407 e. The van der Waals surface area contributed by atoms with Crippen molar-refractivity contribution in [2.24, 2.45) is 0 Å². The monoisotopic (exact) mass is 424 g/mol. The highest BCUT2D eigenvalue weighted by Gasteiger charge is 2.15. The Labute approximate surface area is 184 Å². The maximum atomic E-state index is 12.4. The van der Waals surface area contributed by atoms with Crippen molar-refractivity contribution in [3.8, 4) is 0 Å². The Morgan fingerprint density at radius 2 is 1.42 bits per heavy atom. The average Bonchev–Trinajstić information content (AvgIpc) is 2.72. The van der Waals surface area contributed by atoms with Crippen LogP contribution in [0, 0.1) is 0 Å². The summed E-state index contributed by atoms with van der Waals surface area (Å²) >= 11 is 0. The SMILES string of the molecule is CC(C)(C)OC(=O)NCCCCCCC(=O)Nc1ccc(C(=O)c2ccccc2)cc1. The van der Waals surface area contributed by atoms with E-state index >= 15 is 0 Å². The van der Waals surface area contributed by atoms with Gasteiger partial charge in [0.05, 0.1) is 0 Å².